The summed E-state index contributed by atoms with van der Waals surface area (Å²) in [4.78, 5) is 72.7. The van der Waals surface area contributed by atoms with Crippen molar-refractivity contribution in [1.82, 2.24) is 25.3 Å². The number of likely N-dealkylation sites (N-methyl/N-ethyl adjacent to an activating group) is 2. The van der Waals surface area contributed by atoms with Gasteiger partial charge in [-0.2, -0.15) is 0 Å². The van der Waals surface area contributed by atoms with Crippen LogP contribution in [0.4, 0.5) is 5.69 Å². The van der Waals surface area contributed by atoms with Gasteiger partial charge in [-0.05, 0) is 56.3 Å². The van der Waals surface area contributed by atoms with Crippen LogP contribution in [0.1, 0.15) is 79.7 Å². The van der Waals surface area contributed by atoms with Gasteiger partial charge in [0, 0.05) is 39.9 Å². The number of ether oxygens (including phenoxy) is 2. The van der Waals surface area contributed by atoms with Gasteiger partial charge in [-0.1, -0.05) is 73.1 Å². The first-order chi connectivity index (χ1) is 25.3. The van der Waals surface area contributed by atoms with Crippen LogP contribution in [0.2, 0.25) is 0 Å². The monoisotopic (exact) mass is 761 g/mol. The standard InChI is InChI=1S/C40H68N6O8/c1-13-25(6)35(45(10)39(50)33(23(2)3)43-38(49)34(24(4)5)44(8)9)31(53-11)22-32(47)46-20-16-19-30(46)36(54-12)26(7)37(48)42-29(40(51)52)21-27-17-14-15-18-28(27)41/h14-15,17-18,23-26,29-31,33-36H,13,16,19-22,41H2,1-12H3,(H,42,48)(H,43,49)(H,51,52)/t25-,26+,29-,30-,31+,33-,34-,35-,36+/m0/s1. The highest BCUT2D eigenvalue weighted by atomic mass is 16.5. The van der Waals surface area contributed by atoms with Crippen molar-refractivity contribution in [3.63, 3.8) is 0 Å². The molecule has 14 nitrogen and oxygen atoms in total. The van der Waals surface area contributed by atoms with Crippen LogP contribution in [0.15, 0.2) is 24.3 Å². The van der Waals surface area contributed by atoms with Crippen molar-refractivity contribution in [2.24, 2.45) is 23.7 Å². The fourth-order valence-corrected chi connectivity index (χ4v) is 7.85. The van der Waals surface area contributed by atoms with E-state index >= 15 is 0 Å². The maximum atomic E-state index is 14.2. The summed E-state index contributed by atoms with van der Waals surface area (Å²) in [5.74, 6) is -3.38. The number of benzene rings is 1. The van der Waals surface area contributed by atoms with Gasteiger partial charge < -0.3 is 40.7 Å². The molecule has 1 aliphatic heterocycles. The summed E-state index contributed by atoms with van der Waals surface area (Å²) in [6, 6.07) is 3.58. The molecule has 1 saturated heterocycles. The Morgan fingerprint density at radius 2 is 1.57 bits per heavy atom. The lowest BCUT2D eigenvalue weighted by atomic mass is 9.89. The van der Waals surface area contributed by atoms with Gasteiger partial charge in [0.1, 0.15) is 12.1 Å². The van der Waals surface area contributed by atoms with Crippen molar-refractivity contribution in [2.75, 3.05) is 47.6 Å². The molecule has 1 aliphatic rings. The Labute approximate surface area is 322 Å². The smallest absolute Gasteiger partial charge is 0.326 e. The minimum absolute atomic E-state index is 0.0116. The van der Waals surface area contributed by atoms with Crippen LogP contribution in [0.3, 0.4) is 0 Å². The first-order valence-corrected chi connectivity index (χ1v) is 19.3. The molecule has 2 rings (SSSR count). The third-order valence-electron chi connectivity index (χ3n) is 11.0. The van der Waals surface area contributed by atoms with Crippen molar-refractivity contribution in [2.45, 2.75) is 123 Å². The molecule has 0 spiro atoms. The minimum atomic E-state index is -1.21. The molecule has 1 heterocycles. The molecular formula is C40H68N6O8. The Morgan fingerprint density at radius 1 is 0.944 bits per heavy atom. The number of nitrogen functional groups attached to an aromatic ring is 1. The summed E-state index contributed by atoms with van der Waals surface area (Å²) in [6.45, 7) is 13.9. The summed E-state index contributed by atoms with van der Waals surface area (Å²) >= 11 is 0. The molecule has 0 saturated carbocycles. The second kappa shape index (κ2) is 21.4. The predicted molar refractivity (Wildman–Crippen MR) is 209 cm³/mol. The zero-order valence-corrected chi connectivity index (χ0v) is 34.6. The van der Waals surface area contributed by atoms with E-state index in [0.717, 1.165) is 0 Å². The number of hydrogen-bond donors (Lipinski definition) is 4. The highest BCUT2D eigenvalue weighted by Gasteiger charge is 2.43. The lowest BCUT2D eigenvalue weighted by molar-refractivity contribution is -0.148. The summed E-state index contributed by atoms with van der Waals surface area (Å²) in [5, 5.41) is 15.6. The molecule has 306 valence electrons. The molecule has 4 amide bonds. The molecule has 0 bridgehead atoms. The second-order valence-electron chi connectivity index (χ2n) is 15.8. The first kappa shape index (κ1) is 46.4. The van der Waals surface area contributed by atoms with Crippen LogP contribution in [0.25, 0.3) is 0 Å². The number of nitrogens with two attached hydrogens (primary N) is 1. The Balaban J connectivity index is 2.28. The molecule has 54 heavy (non-hydrogen) atoms. The fourth-order valence-electron chi connectivity index (χ4n) is 7.85. The highest BCUT2D eigenvalue weighted by molar-refractivity contribution is 5.90. The van der Waals surface area contributed by atoms with Gasteiger partial charge in [-0.25, -0.2) is 4.79 Å². The minimum Gasteiger partial charge on any atom is -0.480 e. The lowest BCUT2D eigenvalue weighted by Gasteiger charge is -2.41. The number of carboxylic acid groups (broad SMARTS) is 1. The van der Waals surface area contributed by atoms with Crippen LogP contribution in [-0.2, 0) is 39.9 Å². The van der Waals surface area contributed by atoms with Crippen LogP contribution in [-0.4, -0.2) is 134 Å². The summed E-state index contributed by atoms with van der Waals surface area (Å²) < 4.78 is 11.9. The number of nitrogens with one attached hydrogen (secondary N) is 2. The van der Waals surface area contributed by atoms with Crippen molar-refractivity contribution >= 4 is 35.3 Å². The Bertz CT molecular complexity index is 1400. The van der Waals surface area contributed by atoms with Gasteiger partial charge in [0.25, 0.3) is 0 Å². The van der Waals surface area contributed by atoms with E-state index in [1.165, 1.54) is 14.2 Å². The molecular weight excluding hydrogens is 692 g/mol. The molecule has 0 aromatic heterocycles. The van der Waals surface area contributed by atoms with E-state index in [9.17, 15) is 29.1 Å². The Morgan fingerprint density at radius 3 is 2.07 bits per heavy atom. The van der Waals surface area contributed by atoms with E-state index < -0.39 is 60.2 Å². The molecule has 1 fully saturated rings. The van der Waals surface area contributed by atoms with Crippen LogP contribution in [0.5, 0.6) is 0 Å². The van der Waals surface area contributed by atoms with Gasteiger partial charge in [-0.3, -0.25) is 24.1 Å². The van der Waals surface area contributed by atoms with Crippen molar-refractivity contribution in [3.05, 3.63) is 29.8 Å². The van der Waals surface area contributed by atoms with Crippen molar-refractivity contribution in [1.29, 1.82) is 0 Å². The quantitative estimate of drug-likeness (QED) is 0.136. The average molecular weight is 761 g/mol. The third kappa shape index (κ3) is 11.9. The first-order valence-electron chi connectivity index (χ1n) is 19.3. The highest BCUT2D eigenvalue weighted by Crippen LogP contribution is 2.30. The number of anilines is 1. The largest absolute Gasteiger partial charge is 0.480 e. The van der Waals surface area contributed by atoms with E-state index in [-0.39, 0.29) is 48.3 Å². The van der Waals surface area contributed by atoms with E-state index in [0.29, 0.717) is 37.1 Å². The number of hydrogen-bond acceptors (Lipinski definition) is 9. The second-order valence-corrected chi connectivity index (χ2v) is 15.8. The van der Waals surface area contributed by atoms with Gasteiger partial charge in [-0.15, -0.1) is 0 Å². The molecule has 0 aliphatic carbocycles. The number of aliphatic carboxylic acids is 1. The summed E-state index contributed by atoms with van der Waals surface area (Å²) in [5.41, 5.74) is 7.08. The van der Waals surface area contributed by atoms with Gasteiger partial charge in [0.05, 0.1) is 42.7 Å². The molecule has 5 N–H and O–H groups in total. The molecule has 0 radical (unpaired) electrons. The lowest BCUT2D eigenvalue weighted by Crippen LogP contribution is -2.59. The van der Waals surface area contributed by atoms with E-state index in [2.05, 4.69) is 10.6 Å². The Kier molecular flexibility index (Phi) is 18.4. The number of carboxylic acids is 1. The predicted octanol–water partition coefficient (Wildman–Crippen LogP) is 3.03. The summed E-state index contributed by atoms with van der Waals surface area (Å²) in [6.07, 6.45) is 0.610. The van der Waals surface area contributed by atoms with Crippen LogP contribution >= 0.6 is 0 Å². The number of nitrogens with zero attached hydrogens (tertiary/aromatic N) is 3. The van der Waals surface area contributed by atoms with Crippen molar-refractivity contribution in [3.8, 4) is 0 Å². The number of rotatable bonds is 21. The van der Waals surface area contributed by atoms with E-state index in [1.54, 1.807) is 48.0 Å². The maximum Gasteiger partial charge on any atom is 0.326 e. The topological polar surface area (TPSA) is 184 Å². The number of amides is 4. The van der Waals surface area contributed by atoms with Crippen molar-refractivity contribution < 1.29 is 38.6 Å². The molecule has 1 aromatic rings. The Hall–Kier alpha value is -3.75. The number of likely N-dealkylation sites (tertiary alicyclic amines) is 1. The normalized spacial score (nSPS) is 19.1. The molecule has 0 unspecified atom stereocenters. The fraction of sp³-hybridized carbons (Fsp3) is 0.725. The zero-order chi connectivity index (χ0) is 41.0. The number of carbonyl (C=O) groups excluding carboxylic acids is 4. The van der Waals surface area contributed by atoms with Gasteiger partial charge >= 0.3 is 5.97 Å². The number of para-hydroxylation sites is 1. The molecule has 1 aromatic carbocycles. The van der Waals surface area contributed by atoms with Crippen LogP contribution in [0, 0.1) is 23.7 Å². The third-order valence-corrected chi connectivity index (χ3v) is 11.0. The SMILES string of the molecule is CC[C@H](C)[C@@H]([C@@H](CC(=O)N1CCC[C@H]1[C@H](OC)[C@@H](C)C(=O)N[C@@H](Cc1ccccc1N)C(=O)O)OC)N(C)C(=O)[C@@H](NC(=O)[C@H](C(C)C)N(C)C)C(C)C. The number of carbonyl (C=O) groups is 5. The maximum absolute atomic E-state index is 14.2. The number of methoxy groups -OCH3 is 2. The zero-order valence-electron chi connectivity index (χ0n) is 34.6. The summed E-state index contributed by atoms with van der Waals surface area (Å²) in [7, 11) is 8.41. The van der Waals surface area contributed by atoms with Gasteiger partial charge in [0.2, 0.25) is 23.6 Å². The van der Waals surface area contributed by atoms with E-state index in [4.69, 9.17) is 15.2 Å². The molecule has 14 heteroatoms. The average Bonchev–Trinajstić information content (AvgIpc) is 3.59. The van der Waals surface area contributed by atoms with E-state index in [1.807, 2.05) is 60.5 Å². The van der Waals surface area contributed by atoms with Gasteiger partial charge in [0.15, 0.2) is 0 Å². The molecule has 9 atom stereocenters. The van der Waals surface area contributed by atoms with Crippen LogP contribution < -0.4 is 16.4 Å².